The van der Waals surface area contributed by atoms with Gasteiger partial charge in [-0.1, -0.05) is 50.1 Å². The summed E-state index contributed by atoms with van der Waals surface area (Å²) >= 11 is 0. The summed E-state index contributed by atoms with van der Waals surface area (Å²) < 4.78 is 0. The molecule has 1 heterocycles. The molecule has 1 saturated heterocycles. The number of hydrogen-bond acceptors (Lipinski definition) is 2. The Kier molecular flexibility index (Phi) is 4.59. The van der Waals surface area contributed by atoms with Crippen molar-refractivity contribution >= 4 is 5.91 Å². The van der Waals surface area contributed by atoms with Crippen molar-refractivity contribution in [3.8, 4) is 0 Å². The second kappa shape index (κ2) is 6.20. The summed E-state index contributed by atoms with van der Waals surface area (Å²) in [6, 6.07) is 10.1. The van der Waals surface area contributed by atoms with Crippen LogP contribution in [0.15, 0.2) is 30.3 Å². The van der Waals surface area contributed by atoms with E-state index in [1.807, 2.05) is 35.2 Å². The molecule has 0 spiro atoms. The normalized spacial score (nSPS) is 23.1. The summed E-state index contributed by atoms with van der Waals surface area (Å²) in [5, 5.41) is 0. The first-order valence-corrected chi connectivity index (χ1v) is 7.28. The van der Waals surface area contributed by atoms with Crippen molar-refractivity contribution < 1.29 is 4.79 Å². The molecule has 1 aromatic rings. The van der Waals surface area contributed by atoms with Crippen molar-refractivity contribution in [2.24, 2.45) is 5.73 Å². The quantitative estimate of drug-likeness (QED) is 0.798. The first kappa shape index (κ1) is 14.1. The van der Waals surface area contributed by atoms with E-state index in [2.05, 4.69) is 6.92 Å². The Labute approximate surface area is 115 Å². The zero-order valence-electron chi connectivity index (χ0n) is 11.8. The third-order valence-corrected chi connectivity index (χ3v) is 3.93. The molecule has 0 radical (unpaired) electrons. The number of likely N-dealkylation sites (tertiary alicyclic amines) is 1. The van der Waals surface area contributed by atoms with E-state index >= 15 is 0 Å². The summed E-state index contributed by atoms with van der Waals surface area (Å²) in [5.74, 6) is 0.132. The molecular weight excluding hydrogens is 236 g/mol. The van der Waals surface area contributed by atoms with E-state index in [0.29, 0.717) is 6.42 Å². The zero-order chi connectivity index (χ0) is 13.7. The van der Waals surface area contributed by atoms with Crippen LogP contribution in [0.3, 0.4) is 0 Å². The van der Waals surface area contributed by atoms with Gasteiger partial charge in [0.2, 0.25) is 5.91 Å². The summed E-state index contributed by atoms with van der Waals surface area (Å²) in [7, 11) is 0. The molecule has 0 aromatic heterocycles. The predicted molar refractivity (Wildman–Crippen MR) is 77.8 cm³/mol. The molecule has 2 rings (SSSR count). The van der Waals surface area contributed by atoms with Crippen molar-refractivity contribution in [2.75, 3.05) is 13.1 Å². The van der Waals surface area contributed by atoms with Crippen LogP contribution in [0.5, 0.6) is 0 Å². The Bertz CT molecular complexity index is 418. The number of benzene rings is 1. The van der Waals surface area contributed by atoms with Gasteiger partial charge in [0, 0.05) is 13.1 Å². The van der Waals surface area contributed by atoms with Crippen LogP contribution in [0.2, 0.25) is 0 Å². The van der Waals surface area contributed by atoms with E-state index in [-0.39, 0.29) is 5.91 Å². The van der Waals surface area contributed by atoms with Gasteiger partial charge in [0.05, 0.1) is 0 Å². The molecule has 1 atom stereocenters. The Morgan fingerprint density at radius 2 is 2.00 bits per heavy atom. The molecule has 0 saturated carbocycles. The van der Waals surface area contributed by atoms with E-state index < -0.39 is 5.54 Å². The number of amides is 1. The second-order valence-electron chi connectivity index (χ2n) is 5.57. The van der Waals surface area contributed by atoms with Crippen LogP contribution >= 0.6 is 0 Å². The van der Waals surface area contributed by atoms with Gasteiger partial charge < -0.3 is 10.6 Å². The maximum absolute atomic E-state index is 12.4. The lowest BCUT2D eigenvalue weighted by Gasteiger charge is -2.23. The lowest BCUT2D eigenvalue weighted by Crippen LogP contribution is -2.49. The number of nitrogens with two attached hydrogens (primary N) is 1. The first-order valence-electron chi connectivity index (χ1n) is 7.28. The SMILES string of the molecule is CCCCCN1CCC(N)(Cc2ccccc2)C1=O. The van der Waals surface area contributed by atoms with Crippen LogP contribution in [0.4, 0.5) is 0 Å². The minimum absolute atomic E-state index is 0.132. The van der Waals surface area contributed by atoms with E-state index in [0.717, 1.165) is 31.5 Å². The standard InChI is InChI=1S/C16H24N2O/c1-2-3-7-11-18-12-10-16(17,15(18)19)13-14-8-5-4-6-9-14/h4-6,8-9H,2-3,7,10-13,17H2,1H3. The minimum Gasteiger partial charge on any atom is -0.341 e. The predicted octanol–water partition coefficient (Wildman–Crippen LogP) is 2.35. The molecule has 0 bridgehead atoms. The first-order chi connectivity index (χ1) is 9.15. The van der Waals surface area contributed by atoms with Gasteiger partial charge in [-0.3, -0.25) is 4.79 Å². The van der Waals surface area contributed by atoms with Gasteiger partial charge in [-0.25, -0.2) is 0 Å². The van der Waals surface area contributed by atoms with Crippen LogP contribution in [0, 0.1) is 0 Å². The summed E-state index contributed by atoms with van der Waals surface area (Å²) in [6.45, 7) is 3.85. The number of carbonyl (C=O) groups excluding carboxylic acids is 1. The van der Waals surface area contributed by atoms with Crippen molar-refractivity contribution in [1.29, 1.82) is 0 Å². The molecule has 2 N–H and O–H groups in total. The van der Waals surface area contributed by atoms with Crippen molar-refractivity contribution in [3.63, 3.8) is 0 Å². The molecule has 3 heteroatoms. The van der Waals surface area contributed by atoms with E-state index in [4.69, 9.17) is 5.73 Å². The molecule has 3 nitrogen and oxygen atoms in total. The highest BCUT2D eigenvalue weighted by Gasteiger charge is 2.42. The number of nitrogens with zero attached hydrogens (tertiary/aromatic N) is 1. The highest BCUT2D eigenvalue weighted by molar-refractivity contribution is 5.88. The fourth-order valence-corrected chi connectivity index (χ4v) is 2.75. The number of unbranched alkanes of at least 4 members (excludes halogenated alkanes) is 2. The van der Waals surface area contributed by atoms with Crippen LogP contribution in [0.25, 0.3) is 0 Å². The fraction of sp³-hybridized carbons (Fsp3) is 0.562. The van der Waals surface area contributed by atoms with Crippen molar-refractivity contribution in [2.45, 2.75) is 44.6 Å². The average molecular weight is 260 g/mol. The number of rotatable bonds is 6. The molecule has 1 unspecified atom stereocenters. The van der Waals surface area contributed by atoms with Gasteiger partial charge in [0.25, 0.3) is 0 Å². The molecule has 104 valence electrons. The zero-order valence-corrected chi connectivity index (χ0v) is 11.8. The molecule has 1 aliphatic rings. The smallest absolute Gasteiger partial charge is 0.243 e. The lowest BCUT2D eigenvalue weighted by molar-refractivity contribution is -0.132. The average Bonchev–Trinajstić information content (AvgIpc) is 2.68. The number of carbonyl (C=O) groups is 1. The Morgan fingerprint density at radius 1 is 1.26 bits per heavy atom. The topological polar surface area (TPSA) is 46.3 Å². The maximum Gasteiger partial charge on any atom is 0.243 e. The third kappa shape index (κ3) is 3.35. The maximum atomic E-state index is 12.4. The van der Waals surface area contributed by atoms with Gasteiger partial charge in [-0.05, 0) is 24.8 Å². The van der Waals surface area contributed by atoms with E-state index in [1.165, 1.54) is 12.8 Å². The van der Waals surface area contributed by atoms with Gasteiger partial charge in [0.15, 0.2) is 0 Å². The van der Waals surface area contributed by atoms with E-state index in [9.17, 15) is 4.79 Å². The van der Waals surface area contributed by atoms with Crippen LogP contribution in [0.1, 0.15) is 38.2 Å². The van der Waals surface area contributed by atoms with Gasteiger partial charge in [0.1, 0.15) is 5.54 Å². The van der Waals surface area contributed by atoms with Crippen LogP contribution in [-0.4, -0.2) is 29.4 Å². The van der Waals surface area contributed by atoms with Gasteiger partial charge >= 0.3 is 0 Å². The van der Waals surface area contributed by atoms with Crippen molar-refractivity contribution in [1.82, 2.24) is 4.90 Å². The highest BCUT2D eigenvalue weighted by Crippen LogP contribution is 2.25. The molecule has 1 aliphatic heterocycles. The second-order valence-corrected chi connectivity index (χ2v) is 5.57. The largest absolute Gasteiger partial charge is 0.341 e. The Morgan fingerprint density at radius 3 is 2.68 bits per heavy atom. The van der Waals surface area contributed by atoms with Crippen LogP contribution in [-0.2, 0) is 11.2 Å². The Balaban J connectivity index is 1.95. The molecule has 1 amide bonds. The molecule has 19 heavy (non-hydrogen) atoms. The van der Waals surface area contributed by atoms with E-state index in [1.54, 1.807) is 0 Å². The third-order valence-electron chi connectivity index (χ3n) is 3.93. The fourth-order valence-electron chi connectivity index (χ4n) is 2.75. The summed E-state index contributed by atoms with van der Waals surface area (Å²) in [5.41, 5.74) is 6.80. The minimum atomic E-state index is -0.687. The molecule has 1 fully saturated rings. The lowest BCUT2D eigenvalue weighted by atomic mass is 9.90. The summed E-state index contributed by atoms with van der Waals surface area (Å²) in [4.78, 5) is 14.4. The number of hydrogen-bond donors (Lipinski definition) is 1. The summed E-state index contributed by atoms with van der Waals surface area (Å²) in [6.07, 6.45) is 4.87. The molecule has 0 aliphatic carbocycles. The monoisotopic (exact) mass is 260 g/mol. The van der Waals surface area contributed by atoms with Gasteiger partial charge in [-0.15, -0.1) is 0 Å². The van der Waals surface area contributed by atoms with Gasteiger partial charge in [-0.2, -0.15) is 0 Å². The highest BCUT2D eigenvalue weighted by atomic mass is 16.2. The molecular formula is C16H24N2O. The Hall–Kier alpha value is -1.35. The molecule has 1 aromatic carbocycles. The van der Waals surface area contributed by atoms with Crippen molar-refractivity contribution in [3.05, 3.63) is 35.9 Å². The van der Waals surface area contributed by atoms with Crippen LogP contribution < -0.4 is 5.73 Å².